The number of aryl methyl sites for hydroxylation is 1. The van der Waals surface area contributed by atoms with Crippen molar-refractivity contribution in [3.05, 3.63) is 11.4 Å². The predicted molar refractivity (Wildman–Crippen MR) is 92.1 cm³/mol. The molecule has 0 saturated carbocycles. The smallest absolute Gasteiger partial charge is 0.134 e. The largest absolute Gasteiger partial charge is 0.370 e. The third kappa shape index (κ3) is 6.32. The summed E-state index contributed by atoms with van der Waals surface area (Å²) in [5, 5.41) is 6.91. The van der Waals surface area contributed by atoms with Gasteiger partial charge in [0.1, 0.15) is 17.5 Å². The maximum absolute atomic E-state index is 4.69. The monoisotopic (exact) mass is 292 g/mol. The van der Waals surface area contributed by atoms with Crippen molar-refractivity contribution in [1.82, 2.24) is 9.97 Å². The average molecular weight is 292 g/mol. The van der Waals surface area contributed by atoms with Gasteiger partial charge >= 0.3 is 0 Å². The summed E-state index contributed by atoms with van der Waals surface area (Å²) >= 11 is 0. The topological polar surface area (TPSA) is 49.8 Å². The SMILES string of the molecule is CCCNc1nc(CCC)nc(NCCCC(C)C)c1C. The minimum absolute atomic E-state index is 0.760. The number of aromatic nitrogens is 2. The maximum Gasteiger partial charge on any atom is 0.134 e. The predicted octanol–water partition coefficient (Wildman–Crippen LogP) is 4.41. The highest BCUT2D eigenvalue weighted by atomic mass is 15.1. The number of hydrogen-bond donors (Lipinski definition) is 2. The van der Waals surface area contributed by atoms with Crippen LogP contribution >= 0.6 is 0 Å². The van der Waals surface area contributed by atoms with Crippen molar-refractivity contribution in [3.8, 4) is 0 Å². The molecule has 120 valence electrons. The molecule has 0 fully saturated rings. The molecule has 1 heterocycles. The molecular weight excluding hydrogens is 260 g/mol. The number of nitrogens with one attached hydrogen (secondary N) is 2. The van der Waals surface area contributed by atoms with Gasteiger partial charge in [0.25, 0.3) is 0 Å². The van der Waals surface area contributed by atoms with E-state index in [9.17, 15) is 0 Å². The highest BCUT2D eigenvalue weighted by molar-refractivity contribution is 5.57. The minimum atomic E-state index is 0.760. The van der Waals surface area contributed by atoms with Crippen LogP contribution < -0.4 is 10.6 Å². The van der Waals surface area contributed by atoms with Crippen LogP contribution in [-0.2, 0) is 6.42 Å². The molecule has 0 unspecified atom stereocenters. The van der Waals surface area contributed by atoms with Gasteiger partial charge in [0.2, 0.25) is 0 Å². The van der Waals surface area contributed by atoms with E-state index in [1.807, 2.05) is 0 Å². The van der Waals surface area contributed by atoms with E-state index >= 15 is 0 Å². The molecule has 0 radical (unpaired) electrons. The van der Waals surface area contributed by atoms with Gasteiger partial charge in [0.15, 0.2) is 0 Å². The summed E-state index contributed by atoms with van der Waals surface area (Å²) in [5.41, 5.74) is 1.13. The Kier molecular flexibility index (Phi) is 8.09. The van der Waals surface area contributed by atoms with Gasteiger partial charge in [0, 0.05) is 25.1 Å². The van der Waals surface area contributed by atoms with Crippen molar-refractivity contribution in [3.63, 3.8) is 0 Å². The molecule has 1 aromatic heterocycles. The van der Waals surface area contributed by atoms with Gasteiger partial charge in [-0.1, -0.05) is 27.7 Å². The molecule has 0 bridgehead atoms. The lowest BCUT2D eigenvalue weighted by atomic mass is 10.1. The van der Waals surface area contributed by atoms with Crippen LogP contribution in [0.4, 0.5) is 11.6 Å². The van der Waals surface area contributed by atoms with Crippen LogP contribution in [0, 0.1) is 12.8 Å². The van der Waals surface area contributed by atoms with Crippen LogP contribution in [0.5, 0.6) is 0 Å². The zero-order valence-electron chi connectivity index (χ0n) is 14.4. The highest BCUT2D eigenvalue weighted by Gasteiger charge is 2.10. The average Bonchev–Trinajstić information content (AvgIpc) is 2.44. The minimum Gasteiger partial charge on any atom is -0.370 e. The molecule has 21 heavy (non-hydrogen) atoms. The Labute approximate surface area is 130 Å². The molecule has 0 aliphatic carbocycles. The molecule has 0 aliphatic heterocycles. The van der Waals surface area contributed by atoms with E-state index in [1.165, 1.54) is 12.8 Å². The van der Waals surface area contributed by atoms with E-state index in [0.29, 0.717) is 0 Å². The fourth-order valence-corrected chi connectivity index (χ4v) is 2.20. The molecule has 1 rings (SSSR count). The van der Waals surface area contributed by atoms with E-state index in [4.69, 9.17) is 0 Å². The normalized spacial score (nSPS) is 11.0. The van der Waals surface area contributed by atoms with Gasteiger partial charge in [-0.2, -0.15) is 0 Å². The van der Waals surface area contributed by atoms with Crippen molar-refractivity contribution < 1.29 is 0 Å². The van der Waals surface area contributed by atoms with Crippen molar-refractivity contribution in [2.24, 2.45) is 5.92 Å². The van der Waals surface area contributed by atoms with Crippen molar-refractivity contribution in [2.45, 2.75) is 66.7 Å². The van der Waals surface area contributed by atoms with Crippen LogP contribution in [0.15, 0.2) is 0 Å². The molecule has 0 atom stereocenters. The van der Waals surface area contributed by atoms with E-state index in [1.54, 1.807) is 0 Å². The Morgan fingerprint density at radius 3 is 2.10 bits per heavy atom. The molecule has 0 amide bonds. The second kappa shape index (κ2) is 9.59. The first-order valence-electron chi connectivity index (χ1n) is 8.43. The van der Waals surface area contributed by atoms with Gasteiger partial charge in [-0.15, -0.1) is 0 Å². The van der Waals surface area contributed by atoms with E-state index in [2.05, 4.69) is 55.2 Å². The van der Waals surface area contributed by atoms with Crippen LogP contribution in [0.3, 0.4) is 0 Å². The zero-order chi connectivity index (χ0) is 15.7. The van der Waals surface area contributed by atoms with E-state index in [0.717, 1.165) is 61.3 Å². The van der Waals surface area contributed by atoms with Crippen molar-refractivity contribution in [1.29, 1.82) is 0 Å². The van der Waals surface area contributed by atoms with Crippen LogP contribution in [0.1, 0.15) is 64.8 Å². The second-order valence-electron chi connectivity index (χ2n) is 6.10. The first kappa shape index (κ1) is 17.7. The summed E-state index contributed by atoms with van der Waals surface area (Å²) < 4.78 is 0. The lowest BCUT2D eigenvalue weighted by Gasteiger charge is -2.15. The molecule has 0 saturated heterocycles. The molecule has 4 nitrogen and oxygen atoms in total. The van der Waals surface area contributed by atoms with Gasteiger partial charge in [-0.3, -0.25) is 0 Å². The Hall–Kier alpha value is -1.32. The molecule has 1 aromatic rings. The molecule has 0 aliphatic rings. The molecule has 0 aromatic carbocycles. The third-order valence-corrected chi connectivity index (χ3v) is 3.46. The summed E-state index contributed by atoms with van der Waals surface area (Å²) in [7, 11) is 0. The number of anilines is 2. The third-order valence-electron chi connectivity index (χ3n) is 3.46. The molecule has 2 N–H and O–H groups in total. The Morgan fingerprint density at radius 1 is 0.952 bits per heavy atom. The second-order valence-corrected chi connectivity index (χ2v) is 6.10. The first-order chi connectivity index (χ1) is 10.1. The zero-order valence-corrected chi connectivity index (χ0v) is 14.4. The van der Waals surface area contributed by atoms with Crippen molar-refractivity contribution in [2.75, 3.05) is 23.7 Å². The Morgan fingerprint density at radius 2 is 1.57 bits per heavy atom. The molecule has 0 spiro atoms. The fourth-order valence-electron chi connectivity index (χ4n) is 2.20. The summed E-state index contributed by atoms with van der Waals surface area (Å²) in [4.78, 5) is 9.34. The van der Waals surface area contributed by atoms with Crippen LogP contribution in [0.2, 0.25) is 0 Å². The van der Waals surface area contributed by atoms with Crippen LogP contribution in [0.25, 0.3) is 0 Å². The summed E-state index contributed by atoms with van der Waals surface area (Å²) in [5.74, 6) is 3.68. The standard InChI is InChI=1S/C17H32N4/c1-6-9-15-20-16(18-11-7-2)14(5)17(21-15)19-12-8-10-13(3)4/h13H,6-12H2,1-5H3,(H2,18,19,20,21). The lowest BCUT2D eigenvalue weighted by Crippen LogP contribution is -2.13. The number of hydrogen-bond acceptors (Lipinski definition) is 4. The fraction of sp³-hybridized carbons (Fsp3) is 0.765. The first-order valence-corrected chi connectivity index (χ1v) is 8.43. The van der Waals surface area contributed by atoms with Crippen LogP contribution in [-0.4, -0.2) is 23.1 Å². The van der Waals surface area contributed by atoms with Crippen molar-refractivity contribution >= 4 is 11.6 Å². The summed E-state index contributed by atoms with van der Waals surface area (Å²) in [6.07, 6.45) is 5.54. The molecular formula is C17H32N4. The quantitative estimate of drug-likeness (QED) is 0.627. The van der Waals surface area contributed by atoms with Gasteiger partial charge in [0.05, 0.1) is 0 Å². The highest BCUT2D eigenvalue weighted by Crippen LogP contribution is 2.21. The van der Waals surface area contributed by atoms with E-state index < -0.39 is 0 Å². The van der Waals surface area contributed by atoms with Gasteiger partial charge in [-0.05, 0) is 38.5 Å². The molecule has 4 heteroatoms. The summed E-state index contributed by atoms with van der Waals surface area (Å²) in [6, 6.07) is 0. The van der Waals surface area contributed by atoms with Gasteiger partial charge in [-0.25, -0.2) is 9.97 Å². The maximum atomic E-state index is 4.69. The van der Waals surface area contributed by atoms with Gasteiger partial charge < -0.3 is 10.6 Å². The van der Waals surface area contributed by atoms with E-state index in [-0.39, 0.29) is 0 Å². The Bertz CT molecular complexity index is 415. The Balaban J connectivity index is 2.76. The number of rotatable bonds is 10. The lowest BCUT2D eigenvalue weighted by molar-refractivity contribution is 0.566. The summed E-state index contributed by atoms with van der Waals surface area (Å²) in [6.45, 7) is 12.9. The number of nitrogens with zero attached hydrogens (tertiary/aromatic N) is 2.